The van der Waals surface area contributed by atoms with E-state index in [1.807, 2.05) is 0 Å². The van der Waals surface area contributed by atoms with E-state index in [4.69, 9.17) is 5.11 Å². The van der Waals surface area contributed by atoms with Crippen LogP contribution < -0.4 is 0 Å². The lowest BCUT2D eigenvalue weighted by atomic mass is 10.2. The summed E-state index contributed by atoms with van der Waals surface area (Å²) in [5.74, 6) is -1.65. The molecule has 1 aromatic carbocycles. The third-order valence-corrected chi connectivity index (χ3v) is 2.21. The number of methoxy groups -OCH3 is 1. The van der Waals surface area contributed by atoms with Gasteiger partial charge in [-0.15, -0.1) is 5.10 Å². The van der Waals surface area contributed by atoms with Gasteiger partial charge in [-0.25, -0.2) is 9.59 Å². The van der Waals surface area contributed by atoms with Crippen molar-refractivity contribution < 1.29 is 19.4 Å². The highest BCUT2D eigenvalue weighted by Gasteiger charge is 2.11. The molecular weight excluding hydrogens is 238 g/mol. The van der Waals surface area contributed by atoms with Crippen molar-refractivity contribution in [3.05, 3.63) is 41.7 Å². The van der Waals surface area contributed by atoms with Gasteiger partial charge in [0.05, 0.1) is 24.6 Å². The van der Waals surface area contributed by atoms with Crippen LogP contribution in [0.3, 0.4) is 0 Å². The van der Waals surface area contributed by atoms with Gasteiger partial charge in [-0.05, 0) is 18.2 Å². The molecule has 7 nitrogen and oxygen atoms in total. The topological polar surface area (TPSA) is 94.3 Å². The number of aromatic carboxylic acids is 1. The minimum Gasteiger partial charge on any atom is -0.476 e. The second-order valence-corrected chi connectivity index (χ2v) is 3.37. The van der Waals surface area contributed by atoms with Crippen LogP contribution in [-0.2, 0) is 4.74 Å². The van der Waals surface area contributed by atoms with E-state index in [0.29, 0.717) is 11.3 Å². The number of carbonyl (C=O) groups excluding carboxylic acids is 1. The Hall–Kier alpha value is -2.70. The number of aromatic nitrogens is 3. The van der Waals surface area contributed by atoms with Crippen molar-refractivity contribution in [2.24, 2.45) is 0 Å². The third-order valence-electron chi connectivity index (χ3n) is 2.21. The first-order valence-corrected chi connectivity index (χ1v) is 4.96. The van der Waals surface area contributed by atoms with Gasteiger partial charge in [0.1, 0.15) is 0 Å². The van der Waals surface area contributed by atoms with E-state index >= 15 is 0 Å². The number of esters is 1. The van der Waals surface area contributed by atoms with E-state index in [-0.39, 0.29) is 5.69 Å². The van der Waals surface area contributed by atoms with Crippen molar-refractivity contribution in [1.29, 1.82) is 0 Å². The van der Waals surface area contributed by atoms with Gasteiger partial charge in [0.2, 0.25) is 0 Å². The molecule has 0 saturated heterocycles. The molecule has 2 rings (SSSR count). The standard InChI is InChI=1S/C11H9N3O4/c1-18-11(17)7-3-2-4-8(5-7)14-12-6-9(13-14)10(15)16/h2-6H,1H3,(H,15,16). The summed E-state index contributed by atoms with van der Waals surface area (Å²) in [6, 6.07) is 6.37. The number of hydrogen-bond donors (Lipinski definition) is 1. The first kappa shape index (κ1) is 11.8. The van der Waals surface area contributed by atoms with Crippen molar-refractivity contribution in [2.45, 2.75) is 0 Å². The molecular formula is C11H9N3O4. The zero-order chi connectivity index (χ0) is 13.1. The molecule has 0 atom stereocenters. The first-order valence-electron chi connectivity index (χ1n) is 4.96. The van der Waals surface area contributed by atoms with E-state index in [2.05, 4.69) is 14.9 Å². The average molecular weight is 247 g/mol. The van der Waals surface area contributed by atoms with Gasteiger partial charge in [0.15, 0.2) is 5.69 Å². The molecule has 1 heterocycles. The summed E-state index contributed by atoms with van der Waals surface area (Å²) < 4.78 is 4.59. The SMILES string of the molecule is COC(=O)c1cccc(-n2ncc(C(=O)O)n2)c1. The number of carboxylic acid groups (broad SMARTS) is 1. The molecule has 2 aromatic rings. The summed E-state index contributed by atoms with van der Waals surface area (Å²) in [6.45, 7) is 0. The lowest BCUT2D eigenvalue weighted by Crippen LogP contribution is -2.05. The lowest BCUT2D eigenvalue weighted by molar-refractivity contribution is 0.0599. The molecule has 0 aliphatic carbocycles. The molecule has 0 radical (unpaired) electrons. The maximum absolute atomic E-state index is 11.3. The van der Waals surface area contributed by atoms with Gasteiger partial charge in [0.25, 0.3) is 0 Å². The molecule has 92 valence electrons. The van der Waals surface area contributed by atoms with E-state index in [0.717, 1.165) is 11.0 Å². The molecule has 0 saturated carbocycles. The van der Waals surface area contributed by atoms with Gasteiger partial charge < -0.3 is 9.84 Å². The fraction of sp³-hybridized carbons (Fsp3) is 0.0909. The zero-order valence-electron chi connectivity index (χ0n) is 9.40. The average Bonchev–Trinajstić information content (AvgIpc) is 2.88. The highest BCUT2D eigenvalue weighted by atomic mass is 16.5. The minimum atomic E-state index is -1.16. The maximum Gasteiger partial charge on any atom is 0.358 e. The second-order valence-electron chi connectivity index (χ2n) is 3.37. The van der Waals surface area contributed by atoms with Crippen molar-refractivity contribution in [3.8, 4) is 5.69 Å². The Morgan fingerprint density at radius 2 is 2.17 bits per heavy atom. The molecule has 0 fully saturated rings. The Balaban J connectivity index is 2.38. The van der Waals surface area contributed by atoms with Crippen molar-refractivity contribution in [3.63, 3.8) is 0 Å². The van der Waals surface area contributed by atoms with E-state index < -0.39 is 11.9 Å². The van der Waals surface area contributed by atoms with Crippen molar-refractivity contribution in [1.82, 2.24) is 15.0 Å². The predicted molar refractivity (Wildman–Crippen MR) is 59.7 cm³/mol. The number of hydrogen-bond acceptors (Lipinski definition) is 5. The summed E-state index contributed by atoms with van der Waals surface area (Å²) in [5.41, 5.74) is 0.646. The number of nitrogens with zero attached hydrogens (tertiary/aromatic N) is 3. The molecule has 0 aliphatic heterocycles. The number of ether oxygens (including phenoxy) is 1. The zero-order valence-corrected chi connectivity index (χ0v) is 9.40. The quantitative estimate of drug-likeness (QED) is 0.804. The van der Waals surface area contributed by atoms with Gasteiger partial charge in [-0.1, -0.05) is 6.07 Å². The van der Waals surface area contributed by atoms with Crippen LogP contribution in [0, 0.1) is 0 Å². The smallest absolute Gasteiger partial charge is 0.358 e. The number of benzene rings is 1. The summed E-state index contributed by atoms with van der Waals surface area (Å²) in [4.78, 5) is 23.2. The summed E-state index contributed by atoms with van der Waals surface area (Å²) in [5, 5.41) is 16.3. The Morgan fingerprint density at radius 1 is 1.39 bits per heavy atom. The van der Waals surface area contributed by atoms with Crippen LogP contribution in [0.25, 0.3) is 5.69 Å². The molecule has 1 N–H and O–H groups in total. The Morgan fingerprint density at radius 3 is 2.78 bits per heavy atom. The number of carboxylic acids is 1. The van der Waals surface area contributed by atoms with Crippen LogP contribution in [0.15, 0.2) is 30.5 Å². The fourth-order valence-electron chi connectivity index (χ4n) is 1.36. The lowest BCUT2D eigenvalue weighted by Gasteiger charge is -2.02. The summed E-state index contributed by atoms with van der Waals surface area (Å²) >= 11 is 0. The third kappa shape index (κ3) is 2.19. The summed E-state index contributed by atoms with van der Waals surface area (Å²) in [7, 11) is 1.28. The highest BCUT2D eigenvalue weighted by Crippen LogP contribution is 2.10. The molecule has 0 bridgehead atoms. The van der Waals surface area contributed by atoms with Crippen LogP contribution >= 0.6 is 0 Å². The monoisotopic (exact) mass is 247 g/mol. The first-order chi connectivity index (χ1) is 8.61. The maximum atomic E-state index is 11.3. The van der Waals surface area contributed by atoms with E-state index in [9.17, 15) is 9.59 Å². The van der Waals surface area contributed by atoms with Gasteiger partial charge >= 0.3 is 11.9 Å². The molecule has 0 unspecified atom stereocenters. The largest absolute Gasteiger partial charge is 0.476 e. The molecule has 7 heteroatoms. The van der Waals surface area contributed by atoms with Crippen molar-refractivity contribution in [2.75, 3.05) is 7.11 Å². The fourth-order valence-corrected chi connectivity index (χ4v) is 1.36. The summed E-state index contributed by atoms with van der Waals surface area (Å²) in [6.07, 6.45) is 1.13. The number of rotatable bonds is 3. The van der Waals surface area contributed by atoms with Crippen LogP contribution in [0.4, 0.5) is 0 Å². The van der Waals surface area contributed by atoms with E-state index in [1.54, 1.807) is 18.2 Å². The van der Waals surface area contributed by atoms with E-state index in [1.165, 1.54) is 13.2 Å². The number of carbonyl (C=O) groups is 2. The normalized spacial score (nSPS) is 10.1. The Kier molecular flexibility index (Phi) is 3.05. The Labute approximate surface area is 102 Å². The minimum absolute atomic E-state index is 0.168. The van der Waals surface area contributed by atoms with Crippen LogP contribution in [0.2, 0.25) is 0 Å². The second kappa shape index (κ2) is 4.66. The van der Waals surface area contributed by atoms with Gasteiger partial charge in [0, 0.05) is 0 Å². The van der Waals surface area contributed by atoms with Gasteiger partial charge in [-0.2, -0.15) is 9.90 Å². The Bertz CT molecular complexity index is 606. The molecule has 18 heavy (non-hydrogen) atoms. The predicted octanol–water partition coefficient (Wildman–Crippen LogP) is 0.752. The molecule has 1 aromatic heterocycles. The molecule has 0 spiro atoms. The molecule has 0 aliphatic rings. The van der Waals surface area contributed by atoms with Gasteiger partial charge in [-0.3, -0.25) is 0 Å². The van der Waals surface area contributed by atoms with Crippen LogP contribution in [-0.4, -0.2) is 39.1 Å². The highest BCUT2D eigenvalue weighted by molar-refractivity contribution is 5.90. The van der Waals surface area contributed by atoms with Crippen molar-refractivity contribution >= 4 is 11.9 Å². The van der Waals surface area contributed by atoms with Crippen LogP contribution in [0.5, 0.6) is 0 Å². The molecule has 0 amide bonds. The van der Waals surface area contributed by atoms with Crippen LogP contribution in [0.1, 0.15) is 20.8 Å².